The van der Waals surface area contributed by atoms with Gasteiger partial charge in [0.15, 0.2) is 0 Å². The molecular formula is C14H26N2O. The van der Waals surface area contributed by atoms with Gasteiger partial charge >= 0.3 is 0 Å². The summed E-state index contributed by atoms with van der Waals surface area (Å²) in [6.07, 6.45) is 6.51. The molecule has 1 rings (SSSR count). The Kier molecular flexibility index (Phi) is 6.54. The monoisotopic (exact) mass is 238 g/mol. The van der Waals surface area contributed by atoms with Gasteiger partial charge in [-0.2, -0.15) is 5.26 Å². The molecule has 17 heavy (non-hydrogen) atoms. The molecule has 2 atom stereocenters. The summed E-state index contributed by atoms with van der Waals surface area (Å²) in [5, 5.41) is 12.9. The van der Waals surface area contributed by atoms with Gasteiger partial charge in [-0.1, -0.05) is 20.3 Å². The Morgan fingerprint density at radius 3 is 2.82 bits per heavy atom. The fourth-order valence-corrected chi connectivity index (χ4v) is 2.71. The maximum absolute atomic E-state index is 9.46. The third-order valence-electron chi connectivity index (χ3n) is 3.67. The molecule has 1 saturated carbocycles. The van der Waals surface area contributed by atoms with Crippen LogP contribution in [0.15, 0.2) is 0 Å². The molecule has 1 N–H and O–H groups in total. The molecule has 0 amide bonds. The van der Waals surface area contributed by atoms with E-state index in [0.29, 0.717) is 5.92 Å². The van der Waals surface area contributed by atoms with Crippen LogP contribution in [-0.2, 0) is 4.74 Å². The zero-order valence-corrected chi connectivity index (χ0v) is 11.3. The molecule has 0 aromatic heterocycles. The highest BCUT2D eigenvalue weighted by Crippen LogP contribution is 2.37. The number of hydrogen-bond donors (Lipinski definition) is 1. The fourth-order valence-electron chi connectivity index (χ4n) is 2.71. The maximum atomic E-state index is 9.46. The SMILES string of the molecule is CCCNC1(C#N)CCCC1CCOCCC. The normalized spacial score (nSPS) is 28.2. The molecular weight excluding hydrogens is 212 g/mol. The van der Waals surface area contributed by atoms with Crippen molar-refractivity contribution in [2.75, 3.05) is 19.8 Å². The van der Waals surface area contributed by atoms with Crippen molar-refractivity contribution in [2.24, 2.45) is 5.92 Å². The van der Waals surface area contributed by atoms with E-state index in [4.69, 9.17) is 4.74 Å². The topological polar surface area (TPSA) is 45.0 Å². The van der Waals surface area contributed by atoms with E-state index in [1.54, 1.807) is 0 Å². The first-order chi connectivity index (χ1) is 8.29. The molecule has 0 saturated heterocycles. The van der Waals surface area contributed by atoms with Crippen molar-refractivity contribution in [3.63, 3.8) is 0 Å². The van der Waals surface area contributed by atoms with Crippen LogP contribution in [0.25, 0.3) is 0 Å². The fraction of sp³-hybridized carbons (Fsp3) is 0.929. The van der Waals surface area contributed by atoms with E-state index in [1.807, 2.05) is 0 Å². The largest absolute Gasteiger partial charge is 0.381 e. The summed E-state index contributed by atoms with van der Waals surface area (Å²) < 4.78 is 5.55. The van der Waals surface area contributed by atoms with Crippen molar-refractivity contribution in [2.45, 2.75) is 57.9 Å². The first-order valence-electron chi connectivity index (χ1n) is 7.03. The van der Waals surface area contributed by atoms with Gasteiger partial charge in [0, 0.05) is 13.2 Å². The number of rotatable bonds is 8. The molecule has 1 aliphatic carbocycles. The summed E-state index contributed by atoms with van der Waals surface area (Å²) in [4.78, 5) is 0. The van der Waals surface area contributed by atoms with Crippen LogP contribution >= 0.6 is 0 Å². The molecule has 0 aromatic carbocycles. The standard InChI is InChI=1S/C14H26N2O/c1-3-9-16-14(12-15)8-5-6-13(14)7-11-17-10-4-2/h13,16H,3-11H2,1-2H3. The van der Waals surface area contributed by atoms with Gasteiger partial charge in [-0.25, -0.2) is 0 Å². The van der Waals surface area contributed by atoms with E-state index in [9.17, 15) is 5.26 Å². The van der Waals surface area contributed by atoms with Crippen LogP contribution in [0.1, 0.15) is 52.4 Å². The predicted octanol–water partition coefficient (Wildman–Crippen LogP) is 2.87. The lowest BCUT2D eigenvalue weighted by Crippen LogP contribution is -2.47. The predicted molar refractivity (Wildman–Crippen MR) is 69.7 cm³/mol. The van der Waals surface area contributed by atoms with Gasteiger partial charge in [-0.15, -0.1) is 0 Å². The molecule has 0 radical (unpaired) electrons. The Labute approximate surface area is 106 Å². The summed E-state index contributed by atoms with van der Waals surface area (Å²) >= 11 is 0. The van der Waals surface area contributed by atoms with E-state index >= 15 is 0 Å². The van der Waals surface area contributed by atoms with Crippen LogP contribution in [0.3, 0.4) is 0 Å². The van der Waals surface area contributed by atoms with Crippen LogP contribution in [-0.4, -0.2) is 25.3 Å². The minimum atomic E-state index is -0.272. The molecule has 2 unspecified atom stereocenters. The van der Waals surface area contributed by atoms with Crippen LogP contribution in [0, 0.1) is 17.2 Å². The smallest absolute Gasteiger partial charge is 0.109 e. The minimum Gasteiger partial charge on any atom is -0.381 e. The zero-order chi connectivity index (χ0) is 12.6. The molecule has 98 valence electrons. The van der Waals surface area contributed by atoms with Crippen LogP contribution in [0.4, 0.5) is 0 Å². The van der Waals surface area contributed by atoms with Crippen molar-refractivity contribution < 1.29 is 4.74 Å². The molecule has 3 heteroatoms. The second kappa shape index (κ2) is 7.68. The number of nitrogens with zero attached hydrogens (tertiary/aromatic N) is 1. The molecule has 1 aliphatic rings. The van der Waals surface area contributed by atoms with Crippen molar-refractivity contribution >= 4 is 0 Å². The van der Waals surface area contributed by atoms with Crippen LogP contribution in [0.5, 0.6) is 0 Å². The van der Waals surface area contributed by atoms with Gasteiger partial charge in [0.25, 0.3) is 0 Å². The highest BCUT2D eigenvalue weighted by Gasteiger charge is 2.42. The number of ether oxygens (including phenoxy) is 1. The van der Waals surface area contributed by atoms with Gasteiger partial charge in [0.2, 0.25) is 0 Å². The second-order valence-electron chi connectivity index (χ2n) is 5.00. The van der Waals surface area contributed by atoms with E-state index in [-0.39, 0.29) is 5.54 Å². The van der Waals surface area contributed by atoms with Gasteiger partial charge in [-0.05, 0) is 44.6 Å². The lowest BCUT2D eigenvalue weighted by atomic mass is 9.86. The average Bonchev–Trinajstić information content (AvgIpc) is 2.76. The van der Waals surface area contributed by atoms with E-state index in [1.165, 1.54) is 12.8 Å². The minimum absolute atomic E-state index is 0.272. The van der Waals surface area contributed by atoms with Gasteiger partial charge in [0.1, 0.15) is 5.54 Å². The molecule has 0 aromatic rings. The molecule has 3 nitrogen and oxygen atoms in total. The van der Waals surface area contributed by atoms with Crippen molar-refractivity contribution in [3.8, 4) is 6.07 Å². The van der Waals surface area contributed by atoms with E-state index in [2.05, 4.69) is 25.2 Å². The maximum Gasteiger partial charge on any atom is 0.109 e. The van der Waals surface area contributed by atoms with Crippen molar-refractivity contribution in [3.05, 3.63) is 0 Å². The molecule has 0 aliphatic heterocycles. The first-order valence-corrected chi connectivity index (χ1v) is 7.03. The lowest BCUT2D eigenvalue weighted by Gasteiger charge is -2.30. The molecule has 0 bridgehead atoms. The second-order valence-corrected chi connectivity index (χ2v) is 5.00. The van der Waals surface area contributed by atoms with Gasteiger partial charge < -0.3 is 4.74 Å². The Hall–Kier alpha value is -0.590. The van der Waals surface area contributed by atoms with E-state index in [0.717, 1.165) is 45.4 Å². The molecule has 0 heterocycles. The lowest BCUT2D eigenvalue weighted by molar-refractivity contribution is 0.112. The van der Waals surface area contributed by atoms with Crippen LogP contribution in [0.2, 0.25) is 0 Å². The molecule has 1 fully saturated rings. The van der Waals surface area contributed by atoms with Gasteiger partial charge in [-0.3, -0.25) is 5.32 Å². The Morgan fingerprint density at radius 2 is 2.18 bits per heavy atom. The Balaban J connectivity index is 2.42. The number of nitriles is 1. The third-order valence-corrected chi connectivity index (χ3v) is 3.67. The molecule has 0 spiro atoms. The van der Waals surface area contributed by atoms with Gasteiger partial charge in [0.05, 0.1) is 6.07 Å². The zero-order valence-electron chi connectivity index (χ0n) is 11.3. The van der Waals surface area contributed by atoms with Crippen molar-refractivity contribution in [1.29, 1.82) is 5.26 Å². The average molecular weight is 238 g/mol. The highest BCUT2D eigenvalue weighted by atomic mass is 16.5. The van der Waals surface area contributed by atoms with Crippen LogP contribution < -0.4 is 5.32 Å². The van der Waals surface area contributed by atoms with E-state index < -0.39 is 0 Å². The number of hydrogen-bond acceptors (Lipinski definition) is 3. The summed E-state index contributed by atoms with van der Waals surface area (Å²) in [6.45, 7) is 6.86. The Morgan fingerprint density at radius 1 is 1.35 bits per heavy atom. The summed E-state index contributed by atoms with van der Waals surface area (Å²) in [5.74, 6) is 0.468. The van der Waals surface area contributed by atoms with Crippen molar-refractivity contribution in [1.82, 2.24) is 5.32 Å². The Bertz CT molecular complexity index is 249. The highest BCUT2D eigenvalue weighted by molar-refractivity contribution is 5.13. The summed E-state index contributed by atoms with van der Waals surface area (Å²) in [6, 6.07) is 2.54. The quantitative estimate of drug-likeness (QED) is 0.661. The summed E-state index contributed by atoms with van der Waals surface area (Å²) in [5.41, 5.74) is -0.272. The third kappa shape index (κ3) is 3.97. The summed E-state index contributed by atoms with van der Waals surface area (Å²) in [7, 11) is 0. The number of nitrogens with one attached hydrogen (secondary N) is 1. The first kappa shape index (κ1) is 14.5.